The lowest BCUT2D eigenvalue weighted by atomic mass is 9.87. The van der Waals surface area contributed by atoms with Crippen molar-refractivity contribution in [1.29, 1.82) is 0 Å². The first-order chi connectivity index (χ1) is 13.0. The Hall–Kier alpha value is -1.77. The quantitative estimate of drug-likeness (QED) is 0.706. The van der Waals surface area contributed by atoms with Crippen LogP contribution in [0.5, 0.6) is 0 Å². The summed E-state index contributed by atoms with van der Waals surface area (Å²) in [5, 5.41) is 2.99. The predicted molar refractivity (Wildman–Crippen MR) is 113 cm³/mol. The standard InChI is InChI=1S/C20H29N3O3S2/c1-6-18-22-16(14-27-18)13-23(5)19(24)11-12-21-28(25,26)17-9-7-15(8-10-17)20(2,3)4/h7-10,14,21H,6,11-13H2,1-5H3. The maximum Gasteiger partial charge on any atom is 0.240 e. The fourth-order valence-electron chi connectivity index (χ4n) is 2.62. The maximum atomic E-state index is 12.4. The molecule has 1 heterocycles. The highest BCUT2D eigenvalue weighted by molar-refractivity contribution is 7.89. The molecule has 6 nitrogen and oxygen atoms in total. The van der Waals surface area contributed by atoms with E-state index in [0.717, 1.165) is 22.7 Å². The van der Waals surface area contributed by atoms with Crippen molar-refractivity contribution >= 4 is 27.3 Å². The summed E-state index contributed by atoms with van der Waals surface area (Å²) in [5.41, 5.74) is 1.89. The maximum absolute atomic E-state index is 12.4. The van der Waals surface area contributed by atoms with Crippen LogP contribution in [0.15, 0.2) is 34.5 Å². The number of sulfonamides is 1. The second-order valence-electron chi connectivity index (χ2n) is 7.76. The first-order valence-electron chi connectivity index (χ1n) is 9.30. The smallest absolute Gasteiger partial charge is 0.240 e. The van der Waals surface area contributed by atoms with Gasteiger partial charge in [0.2, 0.25) is 15.9 Å². The van der Waals surface area contributed by atoms with E-state index in [1.54, 1.807) is 35.4 Å². The van der Waals surface area contributed by atoms with E-state index in [0.29, 0.717) is 6.54 Å². The van der Waals surface area contributed by atoms with Crippen molar-refractivity contribution in [2.75, 3.05) is 13.6 Å². The SMILES string of the molecule is CCc1nc(CN(C)C(=O)CCNS(=O)(=O)c2ccc(C(C)(C)C)cc2)cs1. The average molecular weight is 424 g/mol. The molecule has 0 atom stereocenters. The van der Waals surface area contributed by atoms with Gasteiger partial charge in [-0.3, -0.25) is 4.79 Å². The normalized spacial score (nSPS) is 12.2. The number of thiazole rings is 1. The van der Waals surface area contributed by atoms with E-state index < -0.39 is 10.0 Å². The van der Waals surface area contributed by atoms with E-state index in [1.807, 2.05) is 24.4 Å². The number of amides is 1. The third-order valence-corrected chi connectivity index (χ3v) is 6.91. The number of benzene rings is 1. The van der Waals surface area contributed by atoms with Gasteiger partial charge in [-0.1, -0.05) is 39.8 Å². The first kappa shape index (κ1) is 22.5. The Balaban J connectivity index is 1.87. The average Bonchev–Trinajstić information content (AvgIpc) is 3.08. The lowest BCUT2D eigenvalue weighted by Crippen LogP contribution is -2.32. The van der Waals surface area contributed by atoms with Crippen LogP contribution in [0.3, 0.4) is 0 Å². The van der Waals surface area contributed by atoms with Crippen LogP contribution in [0, 0.1) is 0 Å². The number of aromatic nitrogens is 1. The number of carbonyl (C=O) groups is 1. The summed E-state index contributed by atoms with van der Waals surface area (Å²) in [6, 6.07) is 6.85. The van der Waals surface area contributed by atoms with Crippen molar-refractivity contribution in [3.63, 3.8) is 0 Å². The number of nitrogens with one attached hydrogen (secondary N) is 1. The van der Waals surface area contributed by atoms with Crippen LogP contribution in [0.25, 0.3) is 0 Å². The molecule has 0 saturated carbocycles. The van der Waals surface area contributed by atoms with Gasteiger partial charge in [0.1, 0.15) is 0 Å². The number of nitrogens with zero attached hydrogens (tertiary/aromatic N) is 2. The van der Waals surface area contributed by atoms with Gasteiger partial charge in [0.25, 0.3) is 0 Å². The molecule has 0 bridgehead atoms. The Kier molecular flexibility index (Phi) is 7.36. The van der Waals surface area contributed by atoms with Gasteiger partial charge in [-0.05, 0) is 29.5 Å². The monoisotopic (exact) mass is 423 g/mol. The zero-order chi connectivity index (χ0) is 20.9. The minimum atomic E-state index is -3.63. The largest absolute Gasteiger partial charge is 0.340 e. The lowest BCUT2D eigenvalue weighted by molar-refractivity contribution is -0.130. The van der Waals surface area contributed by atoms with Gasteiger partial charge in [-0.25, -0.2) is 18.1 Å². The Morgan fingerprint density at radius 2 is 1.86 bits per heavy atom. The van der Waals surface area contributed by atoms with Gasteiger partial charge in [-0.2, -0.15) is 0 Å². The highest BCUT2D eigenvalue weighted by atomic mass is 32.2. The molecule has 1 amide bonds. The summed E-state index contributed by atoms with van der Waals surface area (Å²) < 4.78 is 27.4. The molecule has 1 aromatic heterocycles. The third-order valence-electron chi connectivity index (χ3n) is 4.39. The molecule has 0 spiro atoms. The van der Waals surface area contributed by atoms with Crippen molar-refractivity contribution < 1.29 is 13.2 Å². The van der Waals surface area contributed by atoms with Crippen molar-refractivity contribution in [1.82, 2.24) is 14.6 Å². The van der Waals surface area contributed by atoms with Gasteiger partial charge in [0.15, 0.2) is 0 Å². The van der Waals surface area contributed by atoms with Crippen molar-refractivity contribution in [2.45, 2.75) is 57.4 Å². The molecule has 0 saturated heterocycles. The molecule has 2 rings (SSSR count). The number of hydrogen-bond acceptors (Lipinski definition) is 5. The highest BCUT2D eigenvalue weighted by Gasteiger charge is 2.18. The van der Waals surface area contributed by atoms with Gasteiger partial charge >= 0.3 is 0 Å². The van der Waals surface area contributed by atoms with Crippen molar-refractivity contribution in [3.8, 4) is 0 Å². The van der Waals surface area contributed by atoms with E-state index in [1.165, 1.54) is 0 Å². The first-order valence-corrected chi connectivity index (χ1v) is 11.7. The van der Waals surface area contributed by atoms with Crippen LogP contribution < -0.4 is 4.72 Å². The van der Waals surface area contributed by atoms with Gasteiger partial charge in [-0.15, -0.1) is 11.3 Å². The summed E-state index contributed by atoms with van der Waals surface area (Å²) in [5.74, 6) is -0.128. The second kappa shape index (κ2) is 9.15. The third kappa shape index (κ3) is 6.12. The molecule has 28 heavy (non-hydrogen) atoms. The molecule has 0 unspecified atom stereocenters. The zero-order valence-electron chi connectivity index (χ0n) is 17.2. The van der Waals surface area contributed by atoms with E-state index in [4.69, 9.17) is 0 Å². The molecule has 1 aromatic carbocycles. The summed E-state index contributed by atoms with van der Waals surface area (Å²) in [6.45, 7) is 8.75. The van der Waals surface area contributed by atoms with Crippen LogP contribution in [0.2, 0.25) is 0 Å². The number of aryl methyl sites for hydroxylation is 1. The number of carbonyl (C=O) groups excluding carboxylic acids is 1. The van der Waals surface area contributed by atoms with E-state index in [2.05, 4.69) is 30.5 Å². The van der Waals surface area contributed by atoms with Crippen LogP contribution in [0.4, 0.5) is 0 Å². The van der Waals surface area contributed by atoms with Crippen LogP contribution in [0.1, 0.15) is 50.4 Å². The molecule has 8 heteroatoms. The topological polar surface area (TPSA) is 79.4 Å². The van der Waals surface area contributed by atoms with Gasteiger partial charge < -0.3 is 4.90 Å². The summed E-state index contributed by atoms with van der Waals surface area (Å²) in [6.07, 6.45) is 0.974. The Morgan fingerprint density at radius 1 is 1.21 bits per heavy atom. The fourth-order valence-corrected chi connectivity index (χ4v) is 4.38. The summed E-state index contributed by atoms with van der Waals surface area (Å²) >= 11 is 1.58. The minimum Gasteiger partial charge on any atom is -0.340 e. The predicted octanol–water partition coefficient (Wildman–Crippen LogP) is 3.33. The van der Waals surface area contributed by atoms with Crippen molar-refractivity contribution in [2.24, 2.45) is 0 Å². The molecular formula is C20H29N3O3S2. The molecule has 1 N–H and O–H groups in total. The molecular weight excluding hydrogens is 394 g/mol. The minimum absolute atomic E-state index is 0.0398. The molecule has 0 radical (unpaired) electrons. The number of hydrogen-bond donors (Lipinski definition) is 1. The summed E-state index contributed by atoms with van der Waals surface area (Å²) in [4.78, 5) is 18.5. The second-order valence-corrected chi connectivity index (χ2v) is 10.5. The molecule has 0 fully saturated rings. The number of rotatable bonds is 8. The molecule has 0 aliphatic rings. The lowest BCUT2D eigenvalue weighted by Gasteiger charge is -2.19. The highest BCUT2D eigenvalue weighted by Crippen LogP contribution is 2.23. The fraction of sp³-hybridized carbons (Fsp3) is 0.500. The molecule has 154 valence electrons. The van der Waals surface area contributed by atoms with Gasteiger partial charge in [0.05, 0.1) is 22.1 Å². The summed E-state index contributed by atoms with van der Waals surface area (Å²) in [7, 11) is -1.93. The molecule has 0 aliphatic carbocycles. The van der Waals surface area contributed by atoms with E-state index in [9.17, 15) is 13.2 Å². The van der Waals surface area contributed by atoms with E-state index in [-0.39, 0.29) is 29.2 Å². The van der Waals surface area contributed by atoms with Crippen LogP contribution >= 0.6 is 11.3 Å². The van der Waals surface area contributed by atoms with E-state index >= 15 is 0 Å². The van der Waals surface area contributed by atoms with Crippen LogP contribution in [-0.4, -0.2) is 37.8 Å². The molecule has 2 aromatic rings. The Labute approximate surface area is 172 Å². The van der Waals surface area contributed by atoms with Crippen LogP contribution in [-0.2, 0) is 33.2 Å². The van der Waals surface area contributed by atoms with Crippen molar-refractivity contribution in [3.05, 3.63) is 45.9 Å². The molecule has 0 aliphatic heterocycles. The zero-order valence-corrected chi connectivity index (χ0v) is 18.8. The Bertz CT molecular complexity index is 898. The Morgan fingerprint density at radius 3 is 2.39 bits per heavy atom. The van der Waals surface area contributed by atoms with Gasteiger partial charge in [0, 0.05) is 25.4 Å².